The van der Waals surface area contributed by atoms with Gasteiger partial charge in [0.15, 0.2) is 5.69 Å². The maximum Gasteiger partial charge on any atom is 0.433 e. The fourth-order valence-electron chi connectivity index (χ4n) is 2.86. The Bertz CT molecular complexity index is 532. The number of halogens is 3. The lowest BCUT2D eigenvalue weighted by Crippen LogP contribution is -2.38. The first-order chi connectivity index (χ1) is 10.7. The molecule has 1 atom stereocenters. The molecule has 1 aromatic heterocycles. The third-order valence-corrected chi connectivity index (χ3v) is 4.05. The van der Waals surface area contributed by atoms with Crippen molar-refractivity contribution >= 4 is 11.8 Å². The van der Waals surface area contributed by atoms with E-state index in [-0.39, 0.29) is 11.8 Å². The van der Waals surface area contributed by atoms with Crippen molar-refractivity contribution in [3.8, 4) is 0 Å². The van der Waals surface area contributed by atoms with Gasteiger partial charge in [-0.25, -0.2) is 4.98 Å². The Kier molecular flexibility index (Phi) is 5.33. The maximum absolute atomic E-state index is 13.1. The standard InChI is InChI=1S/C15H24F3N5/c1-21(2)13-8-12(15(16,17)18)19-14(20-13)23(4)10-11-6-5-7-22(3)9-11/h8,11H,5-7,9-10H2,1-4H3. The van der Waals surface area contributed by atoms with E-state index in [0.29, 0.717) is 12.5 Å². The first-order valence-electron chi connectivity index (χ1n) is 7.70. The summed E-state index contributed by atoms with van der Waals surface area (Å²) in [6.07, 6.45) is -2.29. The van der Waals surface area contributed by atoms with Crippen LogP contribution in [0.3, 0.4) is 0 Å². The fraction of sp³-hybridized carbons (Fsp3) is 0.733. The molecule has 1 aromatic rings. The van der Waals surface area contributed by atoms with Gasteiger partial charge in [0.1, 0.15) is 5.82 Å². The van der Waals surface area contributed by atoms with Crippen LogP contribution in [0.4, 0.5) is 24.9 Å². The van der Waals surface area contributed by atoms with Crippen molar-refractivity contribution in [3.63, 3.8) is 0 Å². The Balaban J connectivity index is 2.21. The highest BCUT2D eigenvalue weighted by Gasteiger charge is 2.34. The Labute approximate surface area is 135 Å². The minimum absolute atomic E-state index is 0.122. The zero-order valence-electron chi connectivity index (χ0n) is 14.1. The number of rotatable bonds is 4. The summed E-state index contributed by atoms with van der Waals surface area (Å²) in [5.74, 6) is 0.798. The molecular weight excluding hydrogens is 307 g/mol. The summed E-state index contributed by atoms with van der Waals surface area (Å²) in [5, 5.41) is 0. The highest BCUT2D eigenvalue weighted by Crippen LogP contribution is 2.31. The molecule has 0 amide bonds. The Hall–Kier alpha value is -1.57. The van der Waals surface area contributed by atoms with Gasteiger partial charge in [0, 0.05) is 40.3 Å². The van der Waals surface area contributed by atoms with Gasteiger partial charge < -0.3 is 14.7 Å². The molecular formula is C15H24F3N5. The quantitative estimate of drug-likeness (QED) is 0.846. The Morgan fingerprint density at radius 1 is 1.26 bits per heavy atom. The molecule has 1 aliphatic heterocycles. The van der Waals surface area contributed by atoms with Gasteiger partial charge in [-0.05, 0) is 32.4 Å². The normalized spacial score (nSPS) is 19.7. The molecule has 130 valence electrons. The Morgan fingerprint density at radius 3 is 2.52 bits per heavy atom. The Morgan fingerprint density at radius 2 is 1.96 bits per heavy atom. The van der Waals surface area contributed by atoms with Crippen LogP contribution in [0.1, 0.15) is 18.5 Å². The SMILES string of the molecule is CN1CCCC(CN(C)c2nc(N(C)C)cc(C(F)(F)F)n2)C1. The number of hydrogen-bond donors (Lipinski definition) is 0. The number of piperidine rings is 1. The lowest BCUT2D eigenvalue weighted by atomic mass is 9.98. The smallest absolute Gasteiger partial charge is 0.363 e. The molecule has 0 spiro atoms. The van der Waals surface area contributed by atoms with E-state index < -0.39 is 11.9 Å². The van der Waals surface area contributed by atoms with Crippen molar-refractivity contribution in [2.75, 3.05) is 57.6 Å². The lowest BCUT2D eigenvalue weighted by molar-refractivity contribution is -0.141. The van der Waals surface area contributed by atoms with Crippen LogP contribution in [0.15, 0.2) is 6.07 Å². The molecule has 2 heterocycles. The lowest BCUT2D eigenvalue weighted by Gasteiger charge is -2.32. The topological polar surface area (TPSA) is 35.5 Å². The first-order valence-corrected chi connectivity index (χ1v) is 7.70. The second-order valence-corrected chi connectivity index (χ2v) is 6.45. The molecule has 2 rings (SSSR count). The van der Waals surface area contributed by atoms with Crippen molar-refractivity contribution in [1.29, 1.82) is 0 Å². The van der Waals surface area contributed by atoms with E-state index in [2.05, 4.69) is 21.9 Å². The summed E-state index contributed by atoms with van der Waals surface area (Å²) in [7, 11) is 7.16. The summed E-state index contributed by atoms with van der Waals surface area (Å²) in [4.78, 5) is 13.5. The van der Waals surface area contributed by atoms with E-state index in [1.807, 2.05) is 0 Å². The van der Waals surface area contributed by atoms with E-state index >= 15 is 0 Å². The number of alkyl halides is 3. The maximum atomic E-state index is 13.1. The van der Waals surface area contributed by atoms with Crippen LogP contribution in [0.2, 0.25) is 0 Å². The minimum atomic E-state index is -4.48. The van der Waals surface area contributed by atoms with Crippen LogP contribution >= 0.6 is 0 Å². The van der Waals surface area contributed by atoms with Crippen molar-refractivity contribution in [1.82, 2.24) is 14.9 Å². The van der Waals surface area contributed by atoms with Crippen molar-refractivity contribution in [2.45, 2.75) is 19.0 Å². The average molecular weight is 331 g/mol. The summed E-state index contributed by atoms with van der Waals surface area (Å²) < 4.78 is 39.2. The third-order valence-electron chi connectivity index (χ3n) is 4.05. The number of aromatic nitrogens is 2. The van der Waals surface area contributed by atoms with Crippen LogP contribution in [-0.2, 0) is 6.18 Å². The molecule has 1 fully saturated rings. The van der Waals surface area contributed by atoms with Gasteiger partial charge in [0.05, 0.1) is 0 Å². The zero-order valence-corrected chi connectivity index (χ0v) is 14.1. The summed E-state index contributed by atoms with van der Waals surface area (Å²) >= 11 is 0. The second-order valence-electron chi connectivity index (χ2n) is 6.45. The van der Waals surface area contributed by atoms with Gasteiger partial charge in [-0.1, -0.05) is 0 Å². The molecule has 0 N–H and O–H groups in total. The first kappa shape index (κ1) is 17.8. The predicted octanol–water partition coefficient (Wildman–Crippen LogP) is 2.34. The van der Waals surface area contributed by atoms with Gasteiger partial charge in [-0.2, -0.15) is 18.2 Å². The molecule has 5 nitrogen and oxygen atoms in total. The number of anilines is 2. The highest BCUT2D eigenvalue weighted by atomic mass is 19.4. The molecule has 0 radical (unpaired) electrons. The van der Waals surface area contributed by atoms with Crippen LogP contribution in [0.5, 0.6) is 0 Å². The number of nitrogens with zero attached hydrogens (tertiary/aromatic N) is 5. The van der Waals surface area contributed by atoms with Crippen molar-refractivity contribution in [3.05, 3.63) is 11.8 Å². The van der Waals surface area contributed by atoms with Crippen molar-refractivity contribution < 1.29 is 13.2 Å². The van der Waals surface area contributed by atoms with Gasteiger partial charge in [0.25, 0.3) is 0 Å². The molecule has 8 heteroatoms. The third kappa shape index (κ3) is 4.70. The van der Waals surface area contributed by atoms with Crippen LogP contribution in [0.25, 0.3) is 0 Å². The molecule has 0 aliphatic carbocycles. The highest BCUT2D eigenvalue weighted by molar-refractivity contribution is 5.45. The van der Waals surface area contributed by atoms with Gasteiger partial charge in [0.2, 0.25) is 5.95 Å². The monoisotopic (exact) mass is 331 g/mol. The van der Waals surface area contributed by atoms with Gasteiger partial charge >= 0.3 is 6.18 Å². The van der Waals surface area contributed by atoms with Gasteiger partial charge in [-0.3, -0.25) is 0 Å². The molecule has 1 saturated heterocycles. The minimum Gasteiger partial charge on any atom is -0.363 e. The average Bonchev–Trinajstić information content (AvgIpc) is 2.45. The van der Waals surface area contributed by atoms with E-state index in [0.717, 1.165) is 32.0 Å². The zero-order chi connectivity index (χ0) is 17.2. The van der Waals surface area contributed by atoms with E-state index in [1.54, 1.807) is 30.9 Å². The van der Waals surface area contributed by atoms with Crippen molar-refractivity contribution in [2.24, 2.45) is 5.92 Å². The molecule has 1 unspecified atom stereocenters. The number of hydrogen-bond acceptors (Lipinski definition) is 5. The largest absolute Gasteiger partial charge is 0.433 e. The van der Waals surface area contributed by atoms with Gasteiger partial charge in [-0.15, -0.1) is 0 Å². The second kappa shape index (κ2) is 6.90. The predicted molar refractivity (Wildman–Crippen MR) is 84.9 cm³/mol. The molecule has 0 aromatic carbocycles. The molecule has 1 aliphatic rings. The van der Waals surface area contributed by atoms with Crippen LogP contribution in [-0.4, -0.2) is 62.7 Å². The fourth-order valence-corrected chi connectivity index (χ4v) is 2.86. The van der Waals surface area contributed by atoms with Crippen LogP contribution in [0, 0.1) is 5.92 Å². The van der Waals surface area contributed by atoms with E-state index in [9.17, 15) is 13.2 Å². The molecule has 0 saturated carbocycles. The van der Waals surface area contributed by atoms with Crippen LogP contribution < -0.4 is 9.80 Å². The molecule has 0 bridgehead atoms. The summed E-state index contributed by atoms with van der Waals surface area (Å²) in [6.45, 7) is 2.67. The molecule has 23 heavy (non-hydrogen) atoms. The summed E-state index contributed by atoms with van der Waals surface area (Å²) in [6, 6.07) is 0.978. The van der Waals surface area contributed by atoms with E-state index in [1.165, 1.54) is 0 Å². The summed E-state index contributed by atoms with van der Waals surface area (Å²) in [5.41, 5.74) is -0.904. The number of likely N-dealkylation sites (tertiary alicyclic amines) is 1. The van der Waals surface area contributed by atoms with E-state index in [4.69, 9.17) is 0 Å².